The summed E-state index contributed by atoms with van der Waals surface area (Å²) >= 11 is 0. The predicted molar refractivity (Wildman–Crippen MR) is 108 cm³/mol. The Balaban J connectivity index is 2.40. The Bertz CT molecular complexity index is 1030. The molecule has 154 valence electrons. The average molecular weight is 418 g/mol. The molecule has 0 radical (unpaired) electrons. The van der Waals surface area contributed by atoms with Crippen molar-refractivity contribution in [2.75, 3.05) is 6.54 Å². The first-order valence-electron chi connectivity index (χ1n) is 9.23. The molecule has 8 heteroatoms. The Morgan fingerprint density at radius 2 is 1.79 bits per heavy atom. The van der Waals surface area contributed by atoms with E-state index in [2.05, 4.69) is 4.72 Å². The zero-order valence-electron chi connectivity index (χ0n) is 16.8. The lowest BCUT2D eigenvalue weighted by Crippen LogP contribution is -2.34. The average Bonchev–Trinajstić information content (AvgIpc) is 2.67. The quantitative estimate of drug-likeness (QED) is 0.745. The molecule has 29 heavy (non-hydrogen) atoms. The minimum absolute atomic E-state index is 0.168. The fourth-order valence-electron chi connectivity index (χ4n) is 2.98. The Hall–Kier alpha value is -2.76. The molecular formula is C21H24FN3O3S. The van der Waals surface area contributed by atoms with Crippen molar-refractivity contribution >= 4 is 15.9 Å². The van der Waals surface area contributed by atoms with Crippen molar-refractivity contribution in [3.05, 3.63) is 65.0 Å². The molecule has 0 aliphatic carbocycles. The summed E-state index contributed by atoms with van der Waals surface area (Å²) in [4.78, 5) is 14.3. The van der Waals surface area contributed by atoms with Crippen LogP contribution in [0.1, 0.15) is 55.2 Å². The lowest BCUT2D eigenvalue weighted by Gasteiger charge is -2.29. The SMILES string of the molecule is CCN(C(=O)c1cc(S(=O)(=O)NC(C)C)ccc1F)C(C)c1ccc(C#N)cc1. The van der Waals surface area contributed by atoms with E-state index in [0.717, 1.165) is 23.8 Å². The standard InChI is InChI=1S/C21H24FN3O3S/c1-5-25(15(4)17-8-6-16(13-23)7-9-17)21(26)19-12-18(10-11-20(19)22)29(27,28)24-14(2)3/h6-12,14-15,24H,5H2,1-4H3. The van der Waals surface area contributed by atoms with Crippen LogP contribution in [0.25, 0.3) is 0 Å². The van der Waals surface area contributed by atoms with Crippen molar-refractivity contribution in [2.45, 2.75) is 44.7 Å². The zero-order chi connectivity index (χ0) is 21.8. The number of halogens is 1. The maximum atomic E-state index is 14.4. The van der Waals surface area contributed by atoms with Gasteiger partial charge in [0.05, 0.1) is 28.1 Å². The molecular weight excluding hydrogens is 393 g/mol. The Morgan fingerprint density at radius 3 is 2.31 bits per heavy atom. The molecule has 0 fully saturated rings. The highest BCUT2D eigenvalue weighted by Crippen LogP contribution is 2.25. The van der Waals surface area contributed by atoms with Gasteiger partial charge < -0.3 is 4.90 Å². The number of nitrogens with one attached hydrogen (secondary N) is 1. The number of carbonyl (C=O) groups is 1. The molecule has 2 rings (SSSR count). The van der Waals surface area contributed by atoms with Gasteiger partial charge in [-0.25, -0.2) is 17.5 Å². The summed E-state index contributed by atoms with van der Waals surface area (Å²) in [6.07, 6.45) is 0. The number of hydrogen-bond acceptors (Lipinski definition) is 4. The van der Waals surface area contributed by atoms with Gasteiger partial charge in [-0.05, 0) is 63.6 Å². The van der Waals surface area contributed by atoms with Gasteiger partial charge in [-0.2, -0.15) is 5.26 Å². The van der Waals surface area contributed by atoms with E-state index in [9.17, 15) is 17.6 Å². The van der Waals surface area contributed by atoms with E-state index in [1.165, 1.54) is 4.90 Å². The van der Waals surface area contributed by atoms with Crippen LogP contribution in [0.3, 0.4) is 0 Å². The Labute approximate surface area is 171 Å². The molecule has 0 saturated heterocycles. The second kappa shape index (κ2) is 9.16. The largest absolute Gasteiger partial charge is 0.332 e. The highest BCUT2D eigenvalue weighted by atomic mass is 32.2. The molecule has 1 unspecified atom stereocenters. The summed E-state index contributed by atoms with van der Waals surface area (Å²) in [6.45, 7) is 7.19. The first-order valence-corrected chi connectivity index (χ1v) is 10.7. The normalized spacial score (nSPS) is 12.4. The van der Waals surface area contributed by atoms with Gasteiger partial charge in [0.15, 0.2) is 0 Å². The number of nitriles is 1. The van der Waals surface area contributed by atoms with Crippen LogP contribution >= 0.6 is 0 Å². The molecule has 1 amide bonds. The topological polar surface area (TPSA) is 90.3 Å². The van der Waals surface area contributed by atoms with Crippen molar-refractivity contribution in [2.24, 2.45) is 0 Å². The summed E-state index contributed by atoms with van der Waals surface area (Å²) in [5.41, 5.74) is 0.973. The van der Waals surface area contributed by atoms with Gasteiger partial charge in [0.1, 0.15) is 5.82 Å². The number of rotatable bonds is 7. The predicted octanol–water partition coefficient (Wildman–Crippen LogP) is 3.61. The first kappa shape index (κ1) is 22.5. The van der Waals surface area contributed by atoms with Crippen LogP contribution in [0, 0.1) is 17.1 Å². The van der Waals surface area contributed by atoms with Gasteiger partial charge in [-0.15, -0.1) is 0 Å². The Kier molecular flexibility index (Phi) is 7.11. The van der Waals surface area contributed by atoms with Gasteiger partial charge in [0.2, 0.25) is 10.0 Å². The molecule has 0 bridgehead atoms. The van der Waals surface area contributed by atoms with E-state index in [-0.39, 0.29) is 16.5 Å². The highest BCUT2D eigenvalue weighted by molar-refractivity contribution is 7.89. The van der Waals surface area contributed by atoms with Crippen LogP contribution in [0.2, 0.25) is 0 Å². The number of carbonyl (C=O) groups excluding carboxylic acids is 1. The van der Waals surface area contributed by atoms with Crippen molar-refractivity contribution < 1.29 is 17.6 Å². The minimum Gasteiger partial charge on any atom is -0.332 e. The number of sulfonamides is 1. The maximum absolute atomic E-state index is 14.4. The van der Waals surface area contributed by atoms with Gasteiger partial charge in [0, 0.05) is 12.6 Å². The lowest BCUT2D eigenvalue weighted by atomic mass is 10.0. The fraction of sp³-hybridized carbons (Fsp3) is 0.333. The van der Waals surface area contributed by atoms with Gasteiger partial charge in [0.25, 0.3) is 5.91 Å². The van der Waals surface area contributed by atoms with Crippen LogP contribution in [-0.4, -0.2) is 31.8 Å². The molecule has 0 aliphatic rings. The summed E-state index contributed by atoms with van der Waals surface area (Å²) in [7, 11) is -3.86. The van der Waals surface area contributed by atoms with Crippen LogP contribution in [0.15, 0.2) is 47.4 Å². The van der Waals surface area contributed by atoms with Crippen molar-refractivity contribution in [3.8, 4) is 6.07 Å². The molecule has 6 nitrogen and oxygen atoms in total. The van der Waals surface area contributed by atoms with Crippen molar-refractivity contribution in [3.63, 3.8) is 0 Å². The van der Waals surface area contributed by atoms with Crippen LogP contribution < -0.4 is 4.72 Å². The van der Waals surface area contributed by atoms with E-state index in [0.29, 0.717) is 12.1 Å². The molecule has 2 aromatic carbocycles. The summed E-state index contributed by atoms with van der Waals surface area (Å²) in [6, 6.07) is 11.3. The van der Waals surface area contributed by atoms with Gasteiger partial charge in [-0.1, -0.05) is 12.1 Å². The molecule has 0 aromatic heterocycles. The van der Waals surface area contributed by atoms with E-state index < -0.39 is 27.8 Å². The summed E-state index contributed by atoms with van der Waals surface area (Å²) < 4.78 is 41.7. The number of amides is 1. The second-order valence-electron chi connectivity index (χ2n) is 6.92. The molecule has 0 spiro atoms. The lowest BCUT2D eigenvalue weighted by molar-refractivity contribution is 0.0697. The van der Waals surface area contributed by atoms with Gasteiger partial charge >= 0.3 is 0 Å². The minimum atomic E-state index is -3.86. The van der Waals surface area contributed by atoms with E-state index >= 15 is 0 Å². The second-order valence-corrected chi connectivity index (χ2v) is 8.63. The first-order chi connectivity index (χ1) is 13.6. The molecule has 1 N–H and O–H groups in total. The third-order valence-corrected chi connectivity index (χ3v) is 6.12. The third kappa shape index (κ3) is 5.19. The maximum Gasteiger partial charge on any atom is 0.257 e. The Morgan fingerprint density at radius 1 is 1.17 bits per heavy atom. The smallest absolute Gasteiger partial charge is 0.257 e. The van der Waals surface area contributed by atoms with E-state index in [1.54, 1.807) is 52.0 Å². The highest BCUT2D eigenvalue weighted by Gasteiger charge is 2.26. The number of nitrogens with zero attached hydrogens (tertiary/aromatic N) is 2. The van der Waals surface area contributed by atoms with Crippen molar-refractivity contribution in [1.29, 1.82) is 5.26 Å². The molecule has 1 atom stereocenters. The summed E-state index contributed by atoms with van der Waals surface area (Å²) in [5.74, 6) is -1.40. The van der Waals surface area contributed by atoms with E-state index in [4.69, 9.17) is 5.26 Å². The molecule has 2 aromatic rings. The monoisotopic (exact) mass is 417 g/mol. The van der Waals surface area contributed by atoms with Crippen LogP contribution in [0.5, 0.6) is 0 Å². The molecule has 0 heterocycles. The van der Waals surface area contributed by atoms with E-state index in [1.807, 2.05) is 6.07 Å². The van der Waals surface area contributed by atoms with Gasteiger partial charge in [-0.3, -0.25) is 4.79 Å². The molecule has 0 saturated carbocycles. The summed E-state index contributed by atoms with van der Waals surface area (Å²) in [5, 5.41) is 8.93. The number of hydrogen-bond donors (Lipinski definition) is 1. The zero-order valence-corrected chi connectivity index (χ0v) is 17.6. The molecule has 0 aliphatic heterocycles. The van der Waals surface area contributed by atoms with Crippen LogP contribution in [0.4, 0.5) is 4.39 Å². The number of benzene rings is 2. The van der Waals surface area contributed by atoms with Crippen molar-refractivity contribution in [1.82, 2.24) is 9.62 Å². The van der Waals surface area contributed by atoms with Crippen LogP contribution in [-0.2, 0) is 10.0 Å². The third-order valence-electron chi connectivity index (χ3n) is 4.46. The fourth-order valence-corrected chi connectivity index (χ4v) is 4.25.